The van der Waals surface area contributed by atoms with Crippen molar-refractivity contribution in [2.75, 3.05) is 9.80 Å². The summed E-state index contributed by atoms with van der Waals surface area (Å²) < 4.78 is 13.9. The summed E-state index contributed by atoms with van der Waals surface area (Å²) in [5.74, 6) is 3.45. The summed E-state index contributed by atoms with van der Waals surface area (Å²) in [4.78, 5) is 9.57. The van der Waals surface area contributed by atoms with Gasteiger partial charge in [0.1, 0.15) is 23.0 Å². The molecule has 76 heavy (non-hydrogen) atoms. The number of thiophene rings is 2. The zero-order valence-electron chi connectivity index (χ0n) is 41.1. The van der Waals surface area contributed by atoms with Gasteiger partial charge in [0.2, 0.25) is 0 Å². The van der Waals surface area contributed by atoms with E-state index in [4.69, 9.17) is 9.47 Å². The second-order valence-corrected chi connectivity index (χ2v) is 21.6. The van der Waals surface area contributed by atoms with Crippen LogP contribution in [0.1, 0.15) is 43.1 Å². The lowest BCUT2D eigenvalue weighted by atomic mass is 9.54. The van der Waals surface area contributed by atoms with E-state index in [1.807, 2.05) is 22.7 Å². The molecule has 10 aromatic carbocycles. The molecule has 0 radical (unpaired) electrons. The molecule has 0 amide bonds. The first-order chi connectivity index (χ1) is 37.7. The van der Waals surface area contributed by atoms with Crippen LogP contribution in [0, 0.1) is 0 Å². The molecule has 2 spiro atoms. The Kier molecular flexibility index (Phi) is 10.3. The summed E-state index contributed by atoms with van der Waals surface area (Å²) in [6, 6.07) is 101. The lowest BCUT2D eigenvalue weighted by molar-refractivity contribution is 0.418. The molecular formula is C70H46N2O2S2. The van der Waals surface area contributed by atoms with Gasteiger partial charge in [0.15, 0.2) is 0 Å². The highest BCUT2D eigenvalue weighted by Gasteiger charge is 2.61. The summed E-state index contributed by atoms with van der Waals surface area (Å²) >= 11 is 3.81. The van der Waals surface area contributed by atoms with Crippen molar-refractivity contribution in [3.05, 3.63) is 322 Å². The smallest absolute Gasteiger partial charge is 0.132 e. The number of nitrogens with zero attached hydrogens (tertiary/aromatic N) is 2. The normalized spacial score (nSPS) is 13.7. The monoisotopic (exact) mass is 1010 g/mol. The Hall–Kier alpha value is -9.20. The molecule has 4 heterocycles. The van der Waals surface area contributed by atoms with Crippen molar-refractivity contribution in [1.29, 1.82) is 0 Å². The quantitative estimate of drug-likeness (QED) is 0.151. The Balaban J connectivity index is 0.986. The molecule has 0 N–H and O–H groups in total. The molecule has 0 unspecified atom stereocenters. The molecular weight excluding hydrogens is 965 g/mol. The van der Waals surface area contributed by atoms with Crippen LogP contribution in [0.5, 0.6) is 23.0 Å². The molecule has 2 aromatic heterocycles. The van der Waals surface area contributed by atoms with E-state index in [9.17, 15) is 0 Å². The van der Waals surface area contributed by atoms with E-state index in [0.717, 1.165) is 90.5 Å². The van der Waals surface area contributed by atoms with Gasteiger partial charge in [-0.3, -0.25) is 0 Å². The molecule has 0 saturated carbocycles. The molecule has 1 aliphatic carbocycles. The fraction of sp³-hybridized carbons (Fsp3) is 0.0286. The second kappa shape index (κ2) is 17.7. The third kappa shape index (κ3) is 6.67. The van der Waals surface area contributed by atoms with Gasteiger partial charge in [-0.05, 0) is 131 Å². The SMILES string of the molecule is c1ccc(N(c2ccccc2)c2ccc(-c3cc4c(s3)C3(c5ccccc5Oc5ccccc53)c3cc(-c5ccc(N(c6ccccc6)c6ccccc6)cc5)sc3C43c4ccccc4Oc4ccccc43)cc2)cc1. The van der Waals surface area contributed by atoms with Gasteiger partial charge >= 0.3 is 0 Å². The van der Waals surface area contributed by atoms with Gasteiger partial charge < -0.3 is 19.3 Å². The zero-order valence-corrected chi connectivity index (χ0v) is 42.7. The average molecular weight is 1010 g/mol. The lowest BCUT2D eigenvalue weighted by Gasteiger charge is -2.50. The van der Waals surface area contributed by atoms with Crippen molar-refractivity contribution in [2.45, 2.75) is 10.8 Å². The second-order valence-electron chi connectivity index (χ2n) is 19.5. The number of ether oxygens (including phenoxy) is 2. The van der Waals surface area contributed by atoms with Crippen molar-refractivity contribution in [1.82, 2.24) is 0 Å². The van der Waals surface area contributed by atoms with Crippen LogP contribution in [0.2, 0.25) is 0 Å². The first-order valence-corrected chi connectivity index (χ1v) is 27.4. The Morgan fingerprint density at radius 2 is 0.500 bits per heavy atom. The first kappa shape index (κ1) is 44.3. The van der Waals surface area contributed by atoms with Crippen LogP contribution in [0.15, 0.2) is 279 Å². The molecule has 0 atom stereocenters. The van der Waals surface area contributed by atoms with Crippen LogP contribution in [0.25, 0.3) is 20.9 Å². The summed E-state index contributed by atoms with van der Waals surface area (Å²) in [6.45, 7) is 0. The predicted molar refractivity (Wildman–Crippen MR) is 313 cm³/mol. The fourth-order valence-corrected chi connectivity index (χ4v) is 15.1. The summed E-state index contributed by atoms with van der Waals surface area (Å²) in [7, 11) is 0. The van der Waals surface area contributed by atoms with E-state index in [0.29, 0.717) is 0 Å². The van der Waals surface area contributed by atoms with Crippen molar-refractivity contribution in [3.8, 4) is 43.9 Å². The number of anilines is 6. The Morgan fingerprint density at radius 3 is 0.789 bits per heavy atom. The van der Waals surface area contributed by atoms with Crippen LogP contribution < -0.4 is 19.3 Å². The maximum Gasteiger partial charge on any atom is 0.132 e. The van der Waals surface area contributed by atoms with Crippen molar-refractivity contribution in [2.24, 2.45) is 0 Å². The van der Waals surface area contributed by atoms with Gasteiger partial charge in [0, 0.05) is 75.9 Å². The molecule has 15 rings (SSSR count). The molecule has 0 saturated heterocycles. The molecule has 360 valence electrons. The number of benzene rings is 10. The fourth-order valence-electron chi connectivity index (χ4n) is 12.2. The molecule has 0 bridgehead atoms. The van der Waals surface area contributed by atoms with Crippen molar-refractivity contribution < 1.29 is 9.47 Å². The largest absolute Gasteiger partial charge is 0.457 e. The van der Waals surface area contributed by atoms with Crippen LogP contribution in [-0.4, -0.2) is 0 Å². The first-order valence-electron chi connectivity index (χ1n) is 25.7. The Morgan fingerprint density at radius 1 is 0.250 bits per heavy atom. The van der Waals surface area contributed by atoms with E-state index in [1.54, 1.807) is 0 Å². The number of hydrogen-bond acceptors (Lipinski definition) is 6. The van der Waals surface area contributed by atoms with Gasteiger partial charge in [-0.25, -0.2) is 0 Å². The predicted octanol–water partition coefficient (Wildman–Crippen LogP) is 19.4. The molecule has 2 aliphatic heterocycles. The lowest BCUT2D eigenvalue weighted by Crippen LogP contribution is -2.45. The number of para-hydroxylation sites is 8. The van der Waals surface area contributed by atoms with E-state index in [2.05, 4.69) is 289 Å². The standard InChI is InChI=1S/C70H46N2O2S2/c1-5-21-49(22-6-1)71(50-23-7-2-8-24-50)53-41-37-47(38-42-53)65-45-59-67(75-65)70(57-31-15-19-35-63(57)74-64-36-20-16-32-58(64)70)60-46-66(76-68(60)69(59)55-29-13-17-33-61(55)73-62-34-18-14-30-56(62)69)48-39-43-54(44-40-48)72(51-25-9-3-10-26-51)52-27-11-4-12-28-52/h1-46H. The maximum absolute atomic E-state index is 6.96. The maximum atomic E-state index is 6.96. The zero-order chi connectivity index (χ0) is 50.2. The van der Waals surface area contributed by atoms with Crippen LogP contribution in [-0.2, 0) is 10.8 Å². The minimum atomic E-state index is -0.754. The van der Waals surface area contributed by atoms with Gasteiger partial charge in [0.05, 0.1) is 10.8 Å². The van der Waals surface area contributed by atoms with Crippen LogP contribution >= 0.6 is 22.7 Å². The number of rotatable bonds is 8. The van der Waals surface area contributed by atoms with Crippen LogP contribution in [0.3, 0.4) is 0 Å². The van der Waals surface area contributed by atoms with Crippen LogP contribution in [0.4, 0.5) is 34.1 Å². The van der Waals surface area contributed by atoms with Gasteiger partial charge in [0.25, 0.3) is 0 Å². The van der Waals surface area contributed by atoms with E-state index >= 15 is 0 Å². The van der Waals surface area contributed by atoms with Gasteiger partial charge in [-0.15, -0.1) is 22.7 Å². The number of hydrogen-bond donors (Lipinski definition) is 0. The molecule has 3 aliphatic rings. The van der Waals surface area contributed by atoms with E-state index in [-0.39, 0.29) is 0 Å². The van der Waals surface area contributed by atoms with E-state index in [1.165, 1.54) is 30.6 Å². The highest BCUT2D eigenvalue weighted by atomic mass is 32.1. The third-order valence-electron chi connectivity index (χ3n) is 15.4. The topological polar surface area (TPSA) is 24.9 Å². The molecule has 12 aromatic rings. The van der Waals surface area contributed by atoms with E-state index < -0.39 is 10.8 Å². The van der Waals surface area contributed by atoms with Crippen molar-refractivity contribution >= 4 is 56.8 Å². The Labute approximate surface area is 450 Å². The highest BCUT2D eigenvalue weighted by Crippen LogP contribution is 2.70. The minimum Gasteiger partial charge on any atom is -0.457 e. The Bertz CT molecular complexity index is 3630. The highest BCUT2D eigenvalue weighted by molar-refractivity contribution is 7.17. The van der Waals surface area contributed by atoms with Crippen molar-refractivity contribution in [3.63, 3.8) is 0 Å². The average Bonchev–Trinajstić information content (AvgIpc) is 4.33. The summed E-state index contributed by atoms with van der Waals surface area (Å²) in [6.07, 6.45) is 0. The summed E-state index contributed by atoms with van der Waals surface area (Å²) in [5.41, 5.74) is 14.4. The third-order valence-corrected chi connectivity index (χ3v) is 18.0. The molecule has 6 heteroatoms. The summed E-state index contributed by atoms with van der Waals surface area (Å²) in [5, 5.41) is 0. The minimum absolute atomic E-state index is 0.754. The van der Waals surface area contributed by atoms with Gasteiger partial charge in [-0.1, -0.05) is 170 Å². The van der Waals surface area contributed by atoms with Gasteiger partial charge in [-0.2, -0.15) is 0 Å². The molecule has 4 nitrogen and oxygen atoms in total. The number of fused-ring (bicyclic) bond motifs is 14. The molecule has 0 fully saturated rings.